The summed E-state index contributed by atoms with van der Waals surface area (Å²) >= 11 is 6.54. The standard InChI is InChI=1S/C35H40ClN7O11/c1-4-5-10-28-37-32(36)29(42(28)17-22-11-13-23(14-12-22)24-8-6-7-9-25(24)33-38-40-41-39-33)34(44)51-21(3)52-35(45)53-27-19-50-30-26(18-49-31(27)30)48-16-15-20(2)54-43(46)47/h6-9,11-14,20-21,26-27,30-31H,4-5,10,15-19H2,1-3H3,(H,38,39,40,41)/t20?,21?,26-,27-,30?,31?/m1/s1. The van der Waals surface area contributed by atoms with Gasteiger partial charge >= 0.3 is 12.1 Å². The Morgan fingerprint density at radius 2 is 1.78 bits per heavy atom. The summed E-state index contributed by atoms with van der Waals surface area (Å²) in [6, 6.07) is 15.6. The molecule has 0 bridgehead atoms. The van der Waals surface area contributed by atoms with Gasteiger partial charge < -0.3 is 37.8 Å². The molecule has 0 aliphatic carbocycles. The van der Waals surface area contributed by atoms with Gasteiger partial charge in [0.05, 0.1) is 13.2 Å². The highest BCUT2D eigenvalue weighted by molar-refractivity contribution is 6.32. The molecular weight excluding hydrogens is 730 g/mol. The SMILES string of the molecule is CCCCc1nc(Cl)c(C(=O)OC(C)OC(=O)O[C@@H]2COC3C2OC[C@H]3OCCC(C)O[N+](=O)[O-])n1Cc1ccc(-c2ccccc2-c2nn[nH]n2)cc1. The number of fused-ring (bicyclic) bond motifs is 1. The molecular formula is C35H40ClN7O11. The Morgan fingerprint density at radius 3 is 2.48 bits per heavy atom. The molecule has 54 heavy (non-hydrogen) atoms. The van der Waals surface area contributed by atoms with Crippen molar-refractivity contribution in [3.05, 3.63) is 80.9 Å². The van der Waals surface area contributed by atoms with Crippen LogP contribution in [-0.2, 0) is 46.2 Å². The Balaban J connectivity index is 1.06. The Labute approximate surface area is 314 Å². The van der Waals surface area contributed by atoms with Crippen LogP contribution in [0.15, 0.2) is 48.5 Å². The van der Waals surface area contributed by atoms with Crippen LogP contribution in [0.2, 0.25) is 5.15 Å². The number of ether oxygens (including phenoxy) is 6. The van der Waals surface area contributed by atoms with Gasteiger partial charge in [0.1, 0.15) is 30.2 Å². The zero-order valence-electron chi connectivity index (χ0n) is 29.8. The predicted octanol–water partition coefficient (Wildman–Crippen LogP) is 4.97. The maximum atomic E-state index is 13.5. The molecule has 4 aromatic rings. The third-order valence-electron chi connectivity index (χ3n) is 8.94. The number of halogens is 1. The molecule has 0 radical (unpaired) electrons. The van der Waals surface area contributed by atoms with Crippen molar-refractivity contribution in [2.75, 3.05) is 19.8 Å². The Hall–Kier alpha value is -5.17. The Bertz CT molecular complexity index is 1890. The van der Waals surface area contributed by atoms with E-state index >= 15 is 0 Å². The smallest absolute Gasteiger partial charge is 0.426 e. The van der Waals surface area contributed by atoms with Crippen LogP contribution in [0.1, 0.15) is 61.9 Å². The first kappa shape index (κ1) is 38.6. The Kier molecular flexibility index (Phi) is 12.7. The van der Waals surface area contributed by atoms with E-state index in [0.29, 0.717) is 18.1 Å². The lowest BCUT2D eigenvalue weighted by Crippen LogP contribution is -2.36. The first-order valence-electron chi connectivity index (χ1n) is 17.5. The number of H-pyrrole nitrogens is 1. The Morgan fingerprint density at radius 1 is 1.06 bits per heavy atom. The van der Waals surface area contributed by atoms with Crippen molar-refractivity contribution in [2.24, 2.45) is 0 Å². The highest BCUT2D eigenvalue weighted by Gasteiger charge is 2.50. The van der Waals surface area contributed by atoms with Crippen LogP contribution < -0.4 is 0 Å². The molecule has 1 N–H and O–H groups in total. The van der Waals surface area contributed by atoms with E-state index in [9.17, 15) is 19.7 Å². The molecule has 0 spiro atoms. The number of esters is 1. The van der Waals surface area contributed by atoms with E-state index in [-0.39, 0.29) is 43.6 Å². The van der Waals surface area contributed by atoms with E-state index < -0.39 is 54.0 Å². The lowest BCUT2D eigenvalue weighted by molar-refractivity contribution is -0.767. The number of nitrogens with zero attached hydrogens (tertiary/aromatic N) is 6. The first-order chi connectivity index (χ1) is 26.1. The van der Waals surface area contributed by atoms with Crippen molar-refractivity contribution in [2.45, 2.75) is 89.8 Å². The minimum Gasteiger partial charge on any atom is -0.426 e. The fourth-order valence-corrected chi connectivity index (χ4v) is 6.59. The summed E-state index contributed by atoms with van der Waals surface area (Å²) in [4.78, 5) is 45.8. The number of nitrogens with one attached hydrogen (secondary N) is 1. The zero-order valence-corrected chi connectivity index (χ0v) is 30.5. The number of aryl methyl sites for hydroxylation is 1. The summed E-state index contributed by atoms with van der Waals surface area (Å²) < 4.78 is 35.3. The quantitative estimate of drug-likeness (QED) is 0.0650. The van der Waals surface area contributed by atoms with Gasteiger partial charge in [-0.05, 0) is 41.7 Å². The van der Waals surface area contributed by atoms with Crippen LogP contribution in [0.5, 0.6) is 0 Å². The maximum absolute atomic E-state index is 13.5. The van der Waals surface area contributed by atoms with Gasteiger partial charge in [-0.25, -0.2) is 14.6 Å². The van der Waals surface area contributed by atoms with Crippen LogP contribution in [-0.4, -0.2) is 104 Å². The van der Waals surface area contributed by atoms with Crippen LogP contribution in [0, 0.1) is 10.1 Å². The molecule has 2 saturated heterocycles. The molecule has 0 saturated carbocycles. The lowest BCUT2D eigenvalue weighted by Gasteiger charge is -2.19. The largest absolute Gasteiger partial charge is 0.511 e. The van der Waals surface area contributed by atoms with E-state index in [1.165, 1.54) is 6.92 Å². The second-order valence-electron chi connectivity index (χ2n) is 12.8. The lowest BCUT2D eigenvalue weighted by atomic mass is 9.98. The monoisotopic (exact) mass is 769 g/mol. The van der Waals surface area contributed by atoms with Gasteiger partial charge in [0.15, 0.2) is 17.0 Å². The van der Waals surface area contributed by atoms with E-state index in [2.05, 4.69) is 37.4 Å². The summed E-state index contributed by atoms with van der Waals surface area (Å²) in [5.74, 6) is 0.263. The number of aromatic amines is 1. The molecule has 19 heteroatoms. The third-order valence-corrected chi connectivity index (χ3v) is 9.20. The van der Waals surface area contributed by atoms with Crippen molar-refractivity contribution in [3.63, 3.8) is 0 Å². The number of hydrogen-bond donors (Lipinski definition) is 1. The zero-order chi connectivity index (χ0) is 38.2. The van der Waals surface area contributed by atoms with Gasteiger partial charge in [-0.2, -0.15) is 5.21 Å². The number of benzene rings is 2. The van der Waals surface area contributed by atoms with Gasteiger partial charge in [0.2, 0.25) is 12.1 Å². The number of carbonyl (C=O) groups excluding carboxylic acids is 2. The van der Waals surface area contributed by atoms with Crippen LogP contribution in [0.25, 0.3) is 22.5 Å². The number of unbranched alkanes of at least 4 members (excludes halogenated alkanes) is 1. The number of rotatable bonds is 17. The summed E-state index contributed by atoms with van der Waals surface area (Å²) in [5.41, 5.74) is 3.59. The van der Waals surface area contributed by atoms with Gasteiger partial charge in [0.25, 0.3) is 5.09 Å². The summed E-state index contributed by atoms with van der Waals surface area (Å²) in [6.07, 6.45) is -2.88. The molecule has 4 unspecified atom stereocenters. The van der Waals surface area contributed by atoms with E-state index in [1.807, 2.05) is 48.5 Å². The minimum atomic E-state index is -1.34. The predicted molar refractivity (Wildman–Crippen MR) is 188 cm³/mol. The summed E-state index contributed by atoms with van der Waals surface area (Å²) in [5, 5.41) is 24.0. The van der Waals surface area contributed by atoms with Crippen LogP contribution in [0.3, 0.4) is 0 Å². The fraction of sp³-hybridized carbons (Fsp3) is 0.486. The van der Waals surface area contributed by atoms with Crippen molar-refractivity contribution in [1.29, 1.82) is 0 Å². The maximum Gasteiger partial charge on any atom is 0.511 e. The van der Waals surface area contributed by atoms with Crippen LogP contribution in [0.4, 0.5) is 4.79 Å². The van der Waals surface area contributed by atoms with Crippen LogP contribution >= 0.6 is 11.6 Å². The van der Waals surface area contributed by atoms with E-state index in [0.717, 1.165) is 35.1 Å². The number of tetrazole rings is 1. The second-order valence-corrected chi connectivity index (χ2v) is 13.1. The van der Waals surface area contributed by atoms with Gasteiger partial charge in [0, 0.05) is 32.1 Å². The number of aromatic nitrogens is 6. The van der Waals surface area contributed by atoms with Crippen molar-refractivity contribution in [1.82, 2.24) is 30.2 Å². The molecule has 2 fully saturated rings. The highest BCUT2D eigenvalue weighted by Crippen LogP contribution is 2.32. The number of imidazole rings is 1. The van der Waals surface area contributed by atoms with E-state index in [1.54, 1.807) is 11.5 Å². The molecule has 2 aliphatic heterocycles. The minimum absolute atomic E-state index is 0.0230. The molecule has 18 nitrogen and oxygen atoms in total. The average molecular weight is 770 g/mol. The highest BCUT2D eigenvalue weighted by atomic mass is 35.5. The first-order valence-corrected chi connectivity index (χ1v) is 17.9. The molecule has 6 rings (SSSR count). The third kappa shape index (κ3) is 9.30. The van der Waals surface area contributed by atoms with Crippen molar-refractivity contribution in [3.8, 4) is 22.5 Å². The number of hydrogen-bond acceptors (Lipinski definition) is 15. The molecule has 2 aromatic heterocycles. The van der Waals surface area contributed by atoms with Crippen molar-refractivity contribution >= 4 is 23.7 Å². The van der Waals surface area contributed by atoms with Gasteiger partial charge in [-0.1, -0.05) is 73.5 Å². The van der Waals surface area contributed by atoms with Gasteiger partial charge in [-0.15, -0.1) is 20.3 Å². The molecule has 4 heterocycles. The second kappa shape index (κ2) is 17.8. The molecule has 2 aliphatic rings. The van der Waals surface area contributed by atoms with Gasteiger partial charge in [-0.3, -0.25) is 0 Å². The normalized spacial score (nSPS) is 20.2. The molecule has 2 aromatic carbocycles. The molecule has 288 valence electrons. The molecule has 6 atom stereocenters. The summed E-state index contributed by atoms with van der Waals surface area (Å²) in [6.45, 7) is 5.66. The van der Waals surface area contributed by atoms with E-state index in [4.69, 9.17) is 40.0 Å². The number of carbonyl (C=O) groups is 2. The topological polar surface area (TPSA) is 214 Å². The summed E-state index contributed by atoms with van der Waals surface area (Å²) in [7, 11) is 0. The molecule has 0 amide bonds. The average Bonchev–Trinajstić information content (AvgIpc) is 3.94. The van der Waals surface area contributed by atoms with Crippen molar-refractivity contribution < 1.29 is 47.9 Å². The fourth-order valence-electron chi connectivity index (χ4n) is 6.31.